The van der Waals surface area contributed by atoms with Crippen LogP contribution in [-0.2, 0) is 9.53 Å². The summed E-state index contributed by atoms with van der Waals surface area (Å²) in [4.78, 5) is 31.8. The Bertz CT molecular complexity index is 836. The fourth-order valence-electron chi connectivity index (χ4n) is 2.08. The van der Waals surface area contributed by atoms with Gasteiger partial charge in [0, 0.05) is 11.8 Å². The lowest BCUT2D eigenvalue weighted by Gasteiger charge is -2.13. The van der Waals surface area contributed by atoms with Gasteiger partial charge in [0.15, 0.2) is 6.10 Å². The molecule has 2 aromatic carbocycles. The van der Waals surface area contributed by atoms with Crippen LogP contribution in [0.1, 0.15) is 6.92 Å². The molecule has 0 aliphatic rings. The number of nitro groups is 2. The van der Waals surface area contributed by atoms with E-state index in [-0.39, 0.29) is 11.4 Å². The third-order valence-corrected chi connectivity index (χ3v) is 3.37. The maximum Gasteiger partial charge on any atom is 0.346 e. The summed E-state index contributed by atoms with van der Waals surface area (Å²) in [7, 11) is 1.26. The maximum absolute atomic E-state index is 11.3. The Kier molecular flexibility index (Phi) is 5.68. The first-order valence-corrected chi connectivity index (χ1v) is 7.36. The molecule has 0 bridgehead atoms. The average molecular weight is 361 g/mol. The normalized spacial score (nSPS) is 11.3. The summed E-state index contributed by atoms with van der Waals surface area (Å²) in [5.74, 6) is -0.111. The molecule has 0 spiro atoms. The molecule has 0 radical (unpaired) electrons. The Hall–Kier alpha value is -3.69. The molecule has 0 heterocycles. The van der Waals surface area contributed by atoms with Crippen molar-refractivity contribution in [2.24, 2.45) is 0 Å². The van der Waals surface area contributed by atoms with Crippen LogP contribution in [0.25, 0.3) is 0 Å². The molecule has 26 heavy (non-hydrogen) atoms. The number of nitro benzene ring substituents is 2. The number of ether oxygens (including phenoxy) is 2. The summed E-state index contributed by atoms with van der Waals surface area (Å²) >= 11 is 0. The molecule has 0 fully saturated rings. The van der Waals surface area contributed by atoms with Crippen LogP contribution in [0.15, 0.2) is 42.5 Å². The van der Waals surface area contributed by atoms with Crippen molar-refractivity contribution < 1.29 is 24.1 Å². The molecule has 10 nitrogen and oxygen atoms in total. The zero-order chi connectivity index (χ0) is 19.3. The molecule has 0 aliphatic heterocycles. The molecule has 1 unspecified atom stereocenters. The van der Waals surface area contributed by atoms with E-state index in [1.807, 2.05) is 0 Å². The van der Waals surface area contributed by atoms with Crippen molar-refractivity contribution in [2.75, 3.05) is 12.4 Å². The summed E-state index contributed by atoms with van der Waals surface area (Å²) in [5.41, 5.74) is -0.182. The fourth-order valence-corrected chi connectivity index (χ4v) is 2.08. The second kappa shape index (κ2) is 7.92. The van der Waals surface area contributed by atoms with Gasteiger partial charge in [-0.05, 0) is 37.3 Å². The second-order valence-corrected chi connectivity index (χ2v) is 5.15. The van der Waals surface area contributed by atoms with Crippen LogP contribution in [0, 0.1) is 20.2 Å². The van der Waals surface area contributed by atoms with E-state index < -0.39 is 27.6 Å². The largest absolute Gasteiger partial charge is 0.479 e. The van der Waals surface area contributed by atoms with Crippen molar-refractivity contribution in [3.05, 3.63) is 62.7 Å². The summed E-state index contributed by atoms with van der Waals surface area (Å²) in [6, 6.07) is 9.63. The van der Waals surface area contributed by atoms with Gasteiger partial charge >= 0.3 is 5.97 Å². The van der Waals surface area contributed by atoms with Crippen molar-refractivity contribution >= 4 is 28.7 Å². The van der Waals surface area contributed by atoms with Gasteiger partial charge in [-0.2, -0.15) is 0 Å². The Morgan fingerprint density at radius 3 is 2.27 bits per heavy atom. The maximum atomic E-state index is 11.3. The van der Waals surface area contributed by atoms with Crippen LogP contribution in [0.5, 0.6) is 5.75 Å². The van der Waals surface area contributed by atoms with Crippen LogP contribution >= 0.6 is 0 Å². The number of nitrogens with one attached hydrogen (secondary N) is 1. The molecule has 0 saturated carbocycles. The first-order chi connectivity index (χ1) is 12.3. The number of methoxy groups -OCH3 is 1. The molecule has 0 aliphatic carbocycles. The Balaban J connectivity index is 2.17. The van der Waals surface area contributed by atoms with Crippen LogP contribution in [-0.4, -0.2) is 29.0 Å². The van der Waals surface area contributed by atoms with Gasteiger partial charge in [-0.3, -0.25) is 20.2 Å². The highest BCUT2D eigenvalue weighted by Crippen LogP contribution is 2.31. The molecule has 136 valence electrons. The van der Waals surface area contributed by atoms with Gasteiger partial charge in [-0.25, -0.2) is 4.79 Å². The number of anilines is 2. The monoisotopic (exact) mass is 361 g/mol. The van der Waals surface area contributed by atoms with E-state index in [0.29, 0.717) is 11.4 Å². The SMILES string of the molecule is COC(=O)C(C)Oc1ccc(Nc2ccc([N+](=O)[O-])cc2[N+](=O)[O-])cc1. The Labute approximate surface area is 147 Å². The zero-order valence-corrected chi connectivity index (χ0v) is 13.9. The number of hydrogen-bond acceptors (Lipinski definition) is 8. The van der Waals surface area contributed by atoms with Gasteiger partial charge in [0.2, 0.25) is 0 Å². The van der Waals surface area contributed by atoms with E-state index in [1.54, 1.807) is 24.3 Å². The minimum atomic E-state index is -0.783. The van der Waals surface area contributed by atoms with Crippen LogP contribution in [0.4, 0.5) is 22.7 Å². The van der Waals surface area contributed by atoms with Gasteiger partial charge in [0.05, 0.1) is 23.0 Å². The van der Waals surface area contributed by atoms with Crippen molar-refractivity contribution in [3.63, 3.8) is 0 Å². The zero-order valence-electron chi connectivity index (χ0n) is 13.9. The Morgan fingerprint density at radius 2 is 1.73 bits per heavy atom. The number of hydrogen-bond donors (Lipinski definition) is 1. The summed E-state index contributed by atoms with van der Waals surface area (Å²) in [6.45, 7) is 1.54. The first kappa shape index (κ1) is 18.6. The summed E-state index contributed by atoms with van der Waals surface area (Å²) < 4.78 is 9.95. The minimum absolute atomic E-state index is 0.109. The molecular weight excluding hydrogens is 346 g/mol. The lowest BCUT2D eigenvalue weighted by molar-refractivity contribution is -0.393. The van der Waals surface area contributed by atoms with Gasteiger partial charge in [-0.15, -0.1) is 0 Å². The standard InChI is InChI=1S/C16H15N3O7/c1-10(16(20)25-2)26-13-6-3-11(4-7-13)17-14-8-5-12(18(21)22)9-15(14)19(23)24/h3-10,17H,1-2H3. The van der Waals surface area contributed by atoms with Crippen molar-refractivity contribution in [3.8, 4) is 5.75 Å². The van der Waals surface area contributed by atoms with E-state index in [1.165, 1.54) is 26.2 Å². The fraction of sp³-hybridized carbons (Fsp3) is 0.188. The number of rotatable bonds is 7. The van der Waals surface area contributed by atoms with Crippen LogP contribution in [0.2, 0.25) is 0 Å². The van der Waals surface area contributed by atoms with E-state index in [4.69, 9.17) is 4.74 Å². The van der Waals surface area contributed by atoms with Gasteiger partial charge in [-0.1, -0.05) is 0 Å². The highest BCUT2D eigenvalue weighted by Gasteiger charge is 2.19. The van der Waals surface area contributed by atoms with Crippen molar-refractivity contribution in [1.82, 2.24) is 0 Å². The average Bonchev–Trinajstić information content (AvgIpc) is 2.62. The van der Waals surface area contributed by atoms with E-state index in [2.05, 4.69) is 10.1 Å². The molecule has 0 aromatic heterocycles. The van der Waals surface area contributed by atoms with E-state index >= 15 is 0 Å². The predicted octanol–water partition coefficient (Wildman–Crippen LogP) is 3.19. The van der Waals surface area contributed by atoms with Gasteiger partial charge in [0.25, 0.3) is 11.4 Å². The first-order valence-electron chi connectivity index (χ1n) is 7.36. The van der Waals surface area contributed by atoms with Gasteiger partial charge in [0.1, 0.15) is 11.4 Å². The number of esters is 1. The summed E-state index contributed by atoms with van der Waals surface area (Å²) in [6.07, 6.45) is -0.783. The van der Waals surface area contributed by atoms with E-state index in [9.17, 15) is 25.0 Å². The quantitative estimate of drug-likeness (QED) is 0.451. The highest BCUT2D eigenvalue weighted by molar-refractivity contribution is 5.74. The number of nitrogens with zero attached hydrogens (tertiary/aromatic N) is 2. The summed E-state index contributed by atoms with van der Waals surface area (Å²) in [5, 5.41) is 24.7. The molecule has 2 aromatic rings. The predicted molar refractivity (Wildman–Crippen MR) is 91.6 cm³/mol. The third kappa shape index (κ3) is 4.44. The van der Waals surface area contributed by atoms with Crippen molar-refractivity contribution in [1.29, 1.82) is 0 Å². The topological polar surface area (TPSA) is 134 Å². The Morgan fingerprint density at radius 1 is 1.08 bits per heavy atom. The molecular formula is C16H15N3O7. The molecule has 0 saturated heterocycles. The number of non-ortho nitro benzene ring substituents is 1. The molecule has 10 heteroatoms. The third-order valence-electron chi connectivity index (χ3n) is 3.37. The van der Waals surface area contributed by atoms with Crippen molar-refractivity contribution in [2.45, 2.75) is 13.0 Å². The number of carbonyl (C=O) groups excluding carboxylic acids is 1. The molecule has 2 rings (SSSR count). The van der Waals surface area contributed by atoms with E-state index in [0.717, 1.165) is 6.07 Å². The molecule has 1 atom stereocenters. The highest BCUT2D eigenvalue weighted by atomic mass is 16.6. The van der Waals surface area contributed by atoms with Gasteiger partial charge < -0.3 is 14.8 Å². The van der Waals surface area contributed by atoms with Crippen LogP contribution < -0.4 is 10.1 Å². The minimum Gasteiger partial charge on any atom is -0.479 e. The lowest BCUT2D eigenvalue weighted by atomic mass is 10.2. The van der Waals surface area contributed by atoms with Crippen LogP contribution in [0.3, 0.4) is 0 Å². The lowest BCUT2D eigenvalue weighted by Crippen LogP contribution is -2.24. The molecule has 0 amide bonds. The number of benzene rings is 2. The number of carbonyl (C=O) groups is 1. The molecule has 1 N–H and O–H groups in total. The second-order valence-electron chi connectivity index (χ2n) is 5.15. The smallest absolute Gasteiger partial charge is 0.346 e.